The van der Waals surface area contributed by atoms with Crippen LogP contribution in [0.5, 0.6) is 5.75 Å². The number of carboxylic acids is 1. The van der Waals surface area contributed by atoms with Crippen LogP contribution in [-0.2, 0) is 46.5 Å². The van der Waals surface area contributed by atoms with Crippen molar-refractivity contribution >= 4 is 18.0 Å². The van der Waals surface area contributed by atoms with Crippen molar-refractivity contribution in [1.82, 2.24) is 10.2 Å². The van der Waals surface area contributed by atoms with Gasteiger partial charge in [0.15, 0.2) is 0 Å². The van der Waals surface area contributed by atoms with Crippen LogP contribution in [-0.4, -0.2) is 46.7 Å². The number of halogens is 3. The van der Waals surface area contributed by atoms with Crippen LogP contribution >= 0.6 is 0 Å². The SMILES string of the molecule is CC(C)COC(=O)N1Cc2cc(OCc3ccc(C(F)(F)F)cc3)ccc2C[C@H]1C(=O)N[C@@H](Cc1ccc(-c2ccccc2)cc1)C(=O)O. The largest absolute Gasteiger partial charge is 0.489 e. The van der Waals surface area contributed by atoms with Gasteiger partial charge in [-0.1, -0.05) is 86.6 Å². The average molecular weight is 675 g/mol. The van der Waals surface area contributed by atoms with Crippen molar-refractivity contribution in [2.24, 2.45) is 5.92 Å². The number of fused-ring (bicyclic) bond motifs is 1. The lowest BCUT2D eigenvalue weighted by Crippen LogP contribution is -2.56. The molecule has 256 valence electrons. The molecule has 0 radical (unpaired) electrons. The molecule has 0 fully saturated rings. The molecule has 0 unspecified atom stereocenters. The first kappa shape index (κ1) is 35.0. The monoisotopic (exact) mass is 674 g/mol. The predicted molar refractivity (Wildman–Crippen MR) is 177 cm³/mol. The fraction of sp³-hybridized carbons (Fsp3) is 0.289. The fourth-order valence-electron chi connectivity index (χ4n) is 5.52. The zero-order valence-corrected chi connectivity index (χ0v) is 27.1. The highest BCUT2D eigenvalue weighted by Gasteiger charge is 2.37. The van der Waals surface area contributed by atoms with Crippen molar-refractivity contribution in [3.05, 3.63) is 125 Å². The first-order valence-electron chi connectivity index (χ1n) is 15.9. The molecule has 0 aromatic heterocycles. The van der Waals surface area contributed by atoms with Gasteiger partial charge in [0.25, 0.3) is 0 Å². The molecule has 49 heavy (non-hydrogen) atoms. The van der Waals surface area contributed by atoms with Crippen LogP contribution in [0.1, 0.15) is 41.7 Å². The van der Waals surface area contributed by atoms with E-state index in [9.17, 15) is 32.7 Å². The topological polar surface area (TPSA) is 105 Å². The summed E-state index contributed by atoms with van der Waals surface area (Å²) in [7, 11) is 0. The molecule has 4 aromatic rings. The van der Waals surface area contributed by atoms with Gasteiger partial charge in [-0.2, -0.15) is 13.2 Å². The van der Waals surface area contributed by atoms with Crippen LogP contribution in [0, 0.1) is 5.92 Å². The smallest absolute Gasteiger partial charge is 0.416 e. The number of hydrogen-bond donors (Lipinski definition) is 2. The summed E-state index contributed by atoms with van der Waals surface area (Å²) in [5.74, 6) is -1.35. The highest BCUT2D eigenvalue weighted by molar-refractivity contribution is 5.90. The van der Waals surface area contributed by atoms with Crippen molar-refractivity contribution < 1.29 is 42.1 Å². The van der Waals surface area contributed by atoms with Gasteiger partial charge in [0, 0.05) is 12.8 Å². The molecule has 2 N–H and O–H groups in total. The van der Waals surface area contributed by atoms with Crippen LogP contribution < -0.4 is 10.1 Å². The summed E-state index contributed by atoms with van der Waals surface area (Å²) in [5.41, 5.74) is 3.98. The molecule has 0 saturated carbocycles. The van der Waals surface area contributed by atoms with Crippen molar-refractivity contribution in [3.8, 4) is 16.9 Å². The molecule has 0 bridgehead atoms. The lowest BCUT2D eigenvalue weighted by molar-refractivity contribution is -0.142. The minimum atomic E-state index is -4.43. The van der Waals surface area contributed by atoms with Crippen molar-refractivity contribution in [3.63, 3.8) is 0 Å². The summed E-state index contributed by atoms with van der Waals surface area (Å²) < 4.78 is 50.1. The van der Waals surface area contributed by atoms with Gasteiger partial charge < -0.3 is 19.9 Å². The maximum absolute atomic E-state index is 13.7. The van der Waals surface area contributed by atoms with Crippen molar-refractivity contribution in [1.29, 1.82) is 0 Å². The van der Waals surface area contributed by atoms with Crippen LogP contribution in [0.3, 0.4) is 0 Å². The Bertz CT molecular complexity index is 1760. The second-order valence-electron chi connectivity index (χ2n) is 12.4. The Balaban J connectivity index is 1.29. The van der Waals surface area contributed by atoms with Gasteiger partial charge in [-0.05, 0) is 63.6 Å². The molecule has 8 nitrogen and oxygen atoms in total. The average Bonchev–Trinajstić information content (AvgIpc) is 3.09. The fourth-order valence-corrected chi connectivity index (χ4v) is 5.52. The third kappa shape index (κ3) is 9.19. The molecule has 2 atom stereocenters. The van der Waals surface area contributed by atoms with Crippen LogP contribution in [0.15, 0.2) is 97.1 Å². The lowest BCUT2D eigenvalue weighted by Gasteiger charge is -2.36. The number of alkyl halides is 3. The molecule has 5 rings (SSSR count). The summed E-state index contributed by atoms with van der Waals surface area (Å²) >= 11 is 0. The number of aliphatic carboxylic acids is 1. The number of carboxylic acid groups (broad SMARTS) is 1. The van der Waals surface area contributed by atoms with Crippen LogP contribution in [0.25, 0.3) is 11.1 Å². The first-order valence-corrected chi connectivity index (χ1v) is 15.9. The van der Waals surface area contributed by atoms with Gasteiger partial charge in [0.1, 0.15) is 24.4 Å². The molecule has 1 aliphatic heterocycles. The number of benzene rings is 4. The predicted octanol–water partition coefficient (Wildman–Crippen LogP) is 7.28. The third-order valence-corrected chi connectivity index (χ3v) is 8.19. The van der Waals surface area contributed by atoms with E-state index in [-0.39, 0.29) is 38.5 Å². The van der Waals surface area contributed by atoms with Gasteiger partial charge in [-0.3, -0.25) is 9.69 Å². The Morgan fingerprint density at radius 1 is 0.878 bits per heavy atom. The molecule has 2 amide bonds. The number of carbonyl (C=O) groups excluding carboxylic acids is 2. The van der Waals surface area contributed by atoms with Gasteiger partial charge in [0.2, 0.25) is 5.91 Å². The highest BCUT2D eigenvalue weighted by Crippen LogP contribution is 2.31. The van der Waals surface area contributed by atoms with Crippen LogP contribution in [0.4, 0.5) is 18.0 Å². The van der Waals surface area contributed by atoms with Crippen LogP contribution in [0.2, 0.25) is 0 Å². The van der Waals surface area contributed by atoms with E-state index in [1.165, 1.54) is 17.0 Å². The number of nitrogens with zero attached hydrogens (tertiary/aromatic N) is 1. The molecular formula is C38H37F3N2O6. The van der Waals surface area contributed by atoms with E-state index in [0.717, 1.165) is 34.4 Å². The number of nitrogens with one attached hydrogen (secondary N) is 1. The number of ether oxygens (including phenoxy) is 2. The summed E-state index contributed by atoms with van der Waals surface area (Å²) in [6.45, 7) is 3.91. The summed E-state index contributed by atoms with van der Waals surface area (Å²) in [6.07, 6.45) is -5.00. The molecule has 1 heterocycles. The van der Waals surface area contributed by atoms with E-state index < -0.39 is 41.8 Å². The Labute approximate surface area is 282 Å². The number of amides is 2. The molecule has 4 aromatic carbocycles. The minimum absolute atomic E-state index is 0.000510. The van der Waals surface area contributed by atoms with Crippen molar-refractivity contribution in [2.75, 3.05) is 6.61 Å². The maximum Gasteiger partial charge on any atom is 0.416 e. The van der Waals surface area contributed by atoms with Gasteiger partial charge >= 0.3 is 18.2 Å². The maximum atomic E-state index is 13.7. The molecular weight excluding hydrogens is 637 g/mol. The van der Waals surface area contributed by atoms with Crippen molar-refractivity contribution in [2.45, 2.75) is 58.1 Å². The minimum Gasteiger partial charge on any atom is -0.489 e. The molecule has 0 spiro atoms. The van der Waals surface area contributed by atoms with Gasteiger partial charge in [0.05, 0.1) is 18.7 Å². The number of hydrogen-bond acceptors (Lipinski definition) is 5. The van der Waals surface area contributed by atoms with E-state index in [4.69, 9.17) is 9.47 Å². The van der Waals surface area contributed by atoms with E-state index in [1.807, 2.05) is 68.4 Å². The van der Waals surface area contributed by atoms with Gasteiger partial charge in [-0.25, -0.2) is 9.59 Å². The Hall–Kier alpha value is -5.32. The number of carbonyl (C=O) groups is 3. The Kier molecular flexibility index (Phi) is 10.9. The lowest BCUT2D eigenvalue weighted by atomic mass is 9.93. The zero-order valence-electron chi connectivity index (χ0n) is 27.1. The van der Waals surface area contributed by atoms with E-state index in [1.54, 1.807) is 18.2 Å². The highest BCUT2D eigenvalue weighted by atomic mass is 19.4. The zero-order chi connectivity index (χ0) is 35.1. The van der Waals surface area contributed by atoms with E-state index >= 15 is 0 Å². The van der Waals surface area contributed by atoms with E-state index in [2.05, 4.69) is 5.32 Å². The molecule has 1 aliphatic rings. The molecule has 11 heteroatoms. The quantitative estimate of drug-likeness (QED) is 0.173. The standard InChI is InChI=1S/C38H37F3N2O6/c1-24(2)22-49-37(47)43-21-30-19-32(48-23-26-10-15-31(16-11-26)38(39,40)41)17-14-29(30)20-34(43)35(44)42-33(36(45)46)18-25-8-12-28(13-9-25)27-6-4-3-5-7-27/h3-17,19,24,33-34H,18,20-23H2,1-2H3,(H,42,44)(H,45,46)/t33-,34-/m0/s1. The Morgan fingerprint density at radius 3 is 2.16 bits per heavy atom. The summed E-state index contributed by atoms with van der Waals surface area (Å²) in [5, 5.41) is 12.7. The molecule has 0 saturated heterocycles. The second kappa shape index (κ2) is 15.3. The van der Waals surface area contributed by atoms with E-state index in [0.29, 0.717) is 16.9 Å². The third-order valence-electron chi connectivity index (χ3n) is 8.19. The first-order chi connectivity index (χ1) is 23.4. The number of rotatable bonds is 11. The summed E-state index contributed by atoms with van der Waals surface area (Å²) in [6, 6.07) is 24.8. The van der Waals surface area contributed by atoms with Gasteiger partial charge in [-0.15, -0.1) is 0 Å². The second-order valence-corrected chi connectivity index (χ2v) is 12.4. The molecule has 0 aliphatic carbocycles. The normalized spacial score (nSPS) is 14.9. The Morgan fingerprint density at radius 2 is 1.53 bits per heavy atom. The summed E-state index contributed by atoms with van der Waals surface area (Å²) in [4.78, 5) is 40.5.